The van der Waals surface area contributed by atoms with Gasteiger partial charge in [0.25, 0.3) is 5.69 Å². The lowest BCUT2D eigenvalue weighted by molar-refractivity contribution is -0.384. The van der Waals surface area contributed by atoms with Crippen molar-refractivity contribution in [3.63, 3.8) is 0 Å². The Hall–Kier alpha value is -1.18. The molecule has 0 aromatic heterocycles. The summed E-state index contributed by atoms with van der Waals surface area (Å²) >= 11 is 3.24. The summed E-state index contributed by atoms with van der Waals surface area (Å²) in [5.74, 6) is 0. The first-order chi connectivity index (χ1) is 9.56. The highest BCUT2D eigenvalue weighted by atomic mass is 79.9. The number of halogens is 1. The number of nitro benzene ring substituents is 1. The molecule has 7 heteroatoms. The molecule has 0 atom stereocenters. The molecule has 0 aliphatic carbocycles. The van der Waals surface area contributed by atoms with E-state index in [4.69, 9.17) is 9.47 Å². The van der Waals surface area contributed by atoms with Crippen LogP contribution in [-0.2, 0) is 9.47 Å². The van der Waals surface area contributed by atoms with E-state index in [1.165, 1.54) is 6.07 Å². The minimum atomic E-state index is -0.392. The predicted molar refractivity (Wildman–Crippen MR) is 79.1 cm³/mol. The van der Waals surface area contributed by atoms with Crippen LogP contribution in [0.5, 0.6) is 0 Å². The average Bonchev–Trinajstić information content (AvgIpc) is 2.47. The van der Waals surface area contributed by atoms with Crippen LogP contribution < -0.4 is 5.32 Å². The topological polar surface area (TPSA) is 73.6 Å². The van der Waals surface area contributed by atoms with E-state index in [0.29, 0.717) is 29.9 Å². The molecule has 1 aliphatic heterocycles. The van der Waals surface area contributed by atoms with Gasteiger partial charge in [0.2, 0.25) is 0 Å². The number of rotatable bonds is 5. The molecule has 1 fully saturated rings. The van der Waals surface area contributed by atoms with Gasteiger partial charge in [-0.25, -0.2) is 0 Å². The molecule has 0 spiro atoms. The number of hydrogen-bond donors (Lipinski definition) is 1. The maximum absolute atomic E-state index is 11.1. The van der Waals surface area contributed by atoms with Crippen LogP contribution in [0.4, 0.5) is 11.4 Å². The summed E-state index contributed by atoms with van der Waals surface area (Å²) in [6.07, 6.45) is 1.56. The maximum atomic E-state index is 11.1. The molecule has 0 saturated carbocycles. The smallest absolute Gasteiger partial charge is 0.293 e. The lowest BCUT2D eigenvalue weighted by Gasteiger charge is -2.36. The molecule has 1 saturated heterocycles. The van der Waals surface area contributed by atoms with Crippen molar-refractivity contribution in [3.8, 4) is 0 Å². The average molecular weight is 345 g/mol. The third-order valence-corrected chi connectivity index (χ3v) is 4.09. The first-order valence-electron chi connectivity index (χ1n) is 6.37. The molecule has 110 valence electrons. The maximum Gasteiger partial charge on any atom is 0.293 e. The van der Waals surface area contributed by atoms with Crippen molar-refractivity contribution in [3.05, 3.63) is 32.8 Å². The highest BCUT2D eigenvalue weighted by molar-refractivity contribution is 9.10. The molecular weight excluding hydrogens is 328 g/mol. The van der Waals surface area contributed by atoms with E-state index in [2.05, 4.69) is 21.2 Å². The van der Waals surface area contributed by atoms with Gasteiger partial charge in [0, 0.05) is 50.2 Å². The fourth-order valence-corrected chi connectivity index (χ4v) is 2.61. The summed E-state index contributed by atoms with van der Waals surface area (Å²) in [4.78, 5) is 10.7. The number of anilines is 1. The second-order valence-corrected chi connectivity index (χ2v) is 5.69. The van der Waals surface area contributed by atoms with Crippen LogP contribution in [0.25, 0.3) is 0 Å². The minimum Gasteiger partial charge on any atom is -0.381 e. The number of nitrogens with zero attached hydrogens (tertiary/aromatic N) is 1. The van der Waals surface area contributed by atoms with Gasteiger partial charge in [-0.05, 0) is 12.1 Å². The molecule has 2 rings (SSSR count). The second kappa shape index (κ2) is 6.51. The van der Waals surface area contributed by atoms with Crippen LogP contribution in [0, 0.1) is 10.1 Å². The molecule has 1 aromatic carbocycles. The Labute approximate surface area is 125 Å². The lowest BCUT2D eigenvalue weighted by atomic mass is 9.94. The van der Waals surface area contributed by atoms with E-state index in [0.717, 1.165) is 12.8 Å². The fraction of sp³-hybridized carbons (Fsp3) is 0.538. The summed E-state index contributed by atoms with van der Waals surface area (Å²) in [5, 5.41) is 14.2. The number of ether oxygens (including phenoxy) is 2. The zero-order valence-electron chi connectivity index (χ0n) is 11.2. The molecule has 1 heterocycles. The highest BCUT2D eigenvalue weighted by Gasteiger charge is 2.32. The van der Waals surface area contributed by atoms with Crippen LogP contribution >= 0.6 is 15.9 Å². The van der Waals surface area contributed by atoms with Gasteiger partial charge in [0.05, 0.1) is 10.5 Å². The quantitative estimate of drug-likeness (QED) is 0.656. The van der Waals surface area contributed by atoms with Crippen molar-refractivity contribution >= 4 is 27.3 Å². The van der Waals surface area contributed by atoms with Crippen LogP contribution in [-0.4, -0.2) is 37.4 Å². The van der Waals surface area contributed by atoms with Crippen molar-refractivity contribution in [2.75, 3.05) is 32.2 Å². The number of nitrogens with one attached hydrogen (secondary N) is 1. The van der Waals surface area contributed by atoms with E-state index in [9.17, 15) is 10.1 Å². The molecule has 1 aromatic rings. The van der Waals surface area contributed by atoms with Crippen LogP contribution in [0.2, 0.25) is 0 Å². The lowest BCUT2D eigenvalue weighted by Crippen LogP contribution is -2.44. The van der Waals surface area contributed by atoms with Crippen molar-refractivity contribution in [1.82, 2.24) is 0 Å². The Balaban J connectivity index is 2.11. The molecule has 1 aliphatic rings. The van der Waals surface area contributed by atoms with Crippen molar-refractivity contribution in [2.24, 2.45) is 0 Å². The highest BCUT2D eigenvalue weighted by Crippen LogP contribution is 2.30. The normalized spacial score (nSPS) is 17.7. The fourth-order valence-electron chi connectivity index (χ4n) is 2.26. The van der Waals surface area contributed by atoms with Gasteiger partial charge < -0.3 is 14.8 Å². The monoisotopic (exact) mass is 344 g/mol. The Morgan fingerprint density at radius 2 is 2.20 bits per heavy atom. The number of methoxy groups -OCH3 is 1. The Kier molecular flexibility index (Phi) is 4.95. The van der Waals surface area contributed by atoms with E-state index in [1.54, 1.807) is 19.2 Å². The van der Waals surface area contributed by atoms with Gasteiger partial charge in [0.15, 0.2) is 0 Å². The van der Waals surface area contributed by atoms with Crippen molar-refractivity contribution in [1.29, 1.82) is 0 Å². The van der Waals surface area contributed by atoms with Crippen LogP contribution in [0.3, 0.4) is 0 Å². The van der Waals surface area contributed by atoms with Gasteiger partial charge in [-0.1, -0.05) is 15.9 Å². The minimum absolute atomic E-state index is 0.0534. The zero-order chi connectivity index (χ0) is 14.6. The van der Waals surface area contributed by atoms with Crippen LogP contribution in [0.1, 0.15) is 12.8 Å². The molecule has 6 nitrogen and oxygen atoms in total. The predicted octanol–water partition coefficient (Wildman–Crippen LogP) is 2.96. The summed E-state index contributed by atoms with van der Waals surface area (Å²) in [5.41, 5.74) is 0.234. The molecule has 0 unspecified atom stereocenters. The summed E-state index contributed by atoms with van der Waals surface area (Å²) in [6, 6.07) is 4.97. The number of nitro groups is 1. The standard InChI is InChI=1S/C13H17BrN2O4/c1-19-13(4-6-20-7-5-13)9-15-11-3-2-10(14)8-12(11)16(17)18/h2-3,8,15H,4-7,9H2,1H3. The first kappa shape index (κ1) is 15.2. The molecule has 0 amide bonds. The Morgan fingerprint density at radius 1 is 1.50 bits per heavy atom. The molecular formula is C13H17BrN2O4. The van der Waals surface area contributed by atoms with Crippen molar-refractivity contribution in [2.45, 2.75) is 18.4 Å². The van der Waals surface area contributed by atoms with Gasteiger partial charge in [0.1, 0.15) is 5.69 Å². The SMILES string of the molecule is COC1(CNc2ccc(Br)cc2[N+](=O)[O-])CCOCC1. The van der Waals surface area contributed by atoms with E-state index in [1.807, 2.05) is 0 Å². The summed E-state index contributed by atoms with van der Waals surface area (Å²) in [6.45, 7) is 1.82. The molecule has 0 bridgehead atoms. The van der Waals surface area contributed by atoms with E-state index in [-0.39, 0.29) is 11.3 Å². The Morgan fingerprint density at radius 3 is 2.80 bits per heavy atom. The van der Waals surface area contributed by atoms with Gasteiger partial charge in [-0.15, -0.1) is 0 Å². The van der Waals surface area contributed by atoms with E-state index < -0.39 is 4.92 Å². The molecule has 0 radical (unpaired) electrons. The Bertz CT molecular complexity index is 489. The van der Waals surface area contributed by atoms with Crippen molar-refractivity contribution < 1.29 is 14.4 Å². The summed E-state index contributed by atoms with van der Waals surface area (Å²) < 4.78 is 11.6. The third kappa shape index (κ3) is 3.47. The van der Waals surface area contributed by atoms with E-state index >= 15 is 0 Å². The zero-order valence-corrected chi connectivity index (χ0v) is 12.8. The number of hydrogen-bond acceptors (Lipinski definition) is 5. The van der Waals surface area contributed by atoms with Gasteiger partial charge >= 0.3 is 0 Å². The van der Waals surface area contributed by atoms with Gasteiger partial charge in [-0.2, -0.15) is 0 Å². The number of benzene rings is 1. The largest absolute Gasteiger partial charge is 0.381 e. The second-order valence-electron chi connectivity index (χ2n) is 4.77. The summed E-state index contributed by atoms with van der Waals surface area (Å²) in [7, 11) is 1.67. The third-order valence-electron chi connectivity index (χ3n) is 3.59. The van der Waals surface area contributed by atoms with Crippen LogP contribution in [0.15, 0.2) is 22.7 Å². The first-order valence-corrected chi connectivity index (χ1v) is 7.16. The van der Waals surface area contributed by atoms with Gasteiger partial charge in [-0.3, -0.25) is 10.1 Å². The molecule has 20 heavy (non-hydrogen) atoms. The molecule has 1 N–H and O–H groups in total.